The number of alkyl halides is 1. The normalized spacial score (nSPS) is 10.3. The molecule has 0 spiro atoms. The van der Waals surface area contributed by atoms with Gasteiger partial charge in [-0.3, -0.25) is 10.1 Å². The van der Waals surface area contributed by atoms with Crippen LogP contribution in [0.5, 0.6) is 11.5 Å². The molecule has 0 fully saturated rings. The number of hydrogen-bond acceptors (Lipinski definition) is 5. The molecule has 0 bridgehead atoms. The number of carbonyl (C=O) groups excluding carboxylic acids is 1. The number of benzene rings is 1. The summed E-state index contributed by atoms with van der Waals surface area (Å²) in [5, 5.41) is 23.4. The summed E-state index contributed by atoms with van der Waals surface area (Å²) in [7, 11) is 0. The monoisotopic (exact) mass is 284 g/mol. The van der Waals surface area contributed by atoms with Gasteiger partial charge in [-0.05, 0) is 18.2 Å². The molecule has 0 unspecified atom stereocenters. The van der Waals surface area contributed by atoms with E-state index in [-0.39, 0.29) is 22.9 Å². The minimum atomic E-state index is -0.543. The van der Waals surface area contributed by atoms with Crippen molar-refractivity contribution in [2.75, 3.05) is 5.32 Å². The predicted molar refractivity (Wildman–Crippen MR) is 69.4 cm³/mol. The van der Waals surface area contributed by atoms with Gasteiger partial charge in [0.05, 0.1) is 17.1 Å². The first-order chi connectivity index (χ1) is 8.60. The Balaban J connectivity index is 2.19. The Labute approximate surface area is 112 Å². The average Bonchev–Trinajstić information content (AvgIpc) is 2.80. The van der Waals surface area contributed by atoms with Gasteiger partial charge < -0.3 is 10.2 Å². The fourth-order valence-electron chi connectivity index (χ4n) is 1.30. The Kier molecular flexibility index (Phi) is 3.69. The summed E-state index contributed by atoms with van der Waals surface area (Å²) >= 11 is 6.83. The summed E-state index contributed by atoms with van der Waals surface area (Å²) in [4.78, 5) is 15.9. The van der Waals surface area contributed by atoms with Crippen molar-refractivity contribution in [2.45, 2.75) is 5.88 Å². The molecule has 0 saturated carbocycles. The van der Waals surface area contributed by atoms with Crippen LogP contribution in [-0.2, 0) is 5.88 Å². The minimum absolute atomic E-state index is 0.0161. The largest absolute Gasteiger partial charge is 0.508 e. The van der Waals surface area contributed by atoms with Gasteiger partial charge in [-0.2, -0.15) is 0 Å². The Morgan fingerprint density at radius 2 is 2.22 bits per heavy atom. The summed E-state index contributed by atoms with van der Waals surface area (Å²) in [6.07, 6.45) is 0. The number of aromatic hydroxyl groups is 2. The first-order valence-electron chi connectivity index (χ1n) is 4.94. The second-order valence-electron chi connectivity index (χ2n) is 3.43. The van der Waals surface area contributed by atoms with Crippen molar-refractivity contribution >= 4 is 34.0 Å². The number of phenolic OH excluding ortho intramolecular Hbond substituents is 2. The van der Waals surface area contributed by atoms with E-state index in [0.29, 0.717) is 10.8 Å². The van der Waals surface area contributed by atoms with Gasteiger partial charge in [-0.25, -0.2) is 4.98 Å². The van der Waals surface area contributed by atoms with E-state index in [1.54, 1.807) is 5.38 Å². The second-order valence-corrected chi connectivity index (χ2v) is 4.56. The lowest BCUT2D eigenvalue weighted by molar-refractivity contribution is 0.102. The van der Waals surface area contributed by atoms with E-state index in [4.69, 9.17) is 11.6 Å². The lowest BCUT2D eigenvalue weighted by Crippen LogP contribution is -2.11. The van der Waals surface area contributed by atoms with Crippen LogP contribution in [0.2, 0.25) is 0 Å². The molecule has 1 aromatic heterocycles. The molecule has 2 rings (SSSR count). The molecule has 94 valence electrons. The van der Waals surface area contributed by atoms with Gasteiger partial charge in [0.1, 0.15) is 11.5 Å². The van der Waals surface area contributed by atoms with E-state index in [9.17, 15) is 15.0 Å². The molecule has 1 aromatic carbocycles. The minimum Gasteiger partial charge on any atom is -0.508 e. The third-order valence-electron chi connectivity index (χ3n) is 2.13. The summed E-state index contributed by atoms with van der Waals surface area (Å²) in [6, 6.07) is 3.72. The maximum Gasteiger partial charge on any atom is 0.261 e. The third kappa shape index (κ3) is 2.72. The van der Waals surface area contributed by atoms with Crippen LogP contribution in [0.3, 0.4) is 0 Å². The molecule has 2 aromatic rings. The molecule has 7 heteroatoms. The van der Waals surface area contributed by atoms with Crippen LogP contribution < -0.4 is 5.32 Å². The average molecular weight is 285 g/mol. The third-order valence-corrected chi connectivity index (χ3v) is 3.21. The van der Waals surface area contributed by atoms with Crippen LogP contribution in [0, 0.1) is 0 Å². The van der Waals surface area contributed by atoms with Gasteiger partial charge in [0.15, 0.2) is 5.13 Å². The Hall–Kier alpha value is -1.79. The molecular formula is C11H9ClN2O3S. The van der Waals surface area contributed by atoms with E-state index >= 15 is 0 Å². The van der Waals surface area contributed by atoms with E-state index in [2.05, 4.69) is 10.3 Å². The van der Waals surface area contributed by atoms with Gasteiger partial charge in [0, 0.05) is 5.38 Å². The number of halogens is 1. The first-order valence-corrected chi connectivity index (χ1v) is 6.35. The number of amides is 1. The first kappa shape index (κ1) is 12.7. The highest BCUT2D eigenvalue weighted by atomic mass is 35.5. The quantitative estimate of drug-likeness (QED) is 0.597. The zero-order chi connectivity index (χ0) is 13.1. The molecule has 0 saturated heterocycles. The SMILES string of the molecule is O=C(Nc1nc(CCl)cs1)c1cc(O)ccc1O. The number of carbonyl (C=O) groups is 1. The maximum atomic E-state index is 11.8. The molecule has 0 radical (unpaired) electrons. The molecule has 0 aliphatic heterocycles. The smallest absolute Gasteiger partial charge is 0.261 e. The van der Waals surface area contributed by atoms with Crippen molar-refractivity contribution in [3.63, 3.8) is 0 Å². The van der Waals surface area contributed by atoms with E-state index in [1.807, 2.05) is 0 Å². The number of rotatable bonds is 3. The topological polar surface area (TPSA) is 82.5 Å². The van der Waals surface area contributed by atoms with Crippen molar-refractivity contribution < 1.29 is 15.0 Å². The fraction of sp³-hybridized carbons (Fsp3) is 0.0909. The summed E-state index contributed by atoms with van der Waals surface area (Å²) in [6.45, 7) is 0. The lowest BCUT2D eigenvalue weighted by Gasteiger charge is -2.04. The van der Waals surface area contributed by atoms with Gasteiger partial charge in [0.2, 0.25) is 0 Å². The van der Waals surface area contributed by atoms with Crippen molar-refractivity contribution in [3.8, 4) is 11.5 Å². The zero-order valence-electron chi connectivity index (χ0n) is 9.05. The van der Waals surface area contributed by atoms with Crippen molar-refractivity contribution in [1.29, 1.82) is 0 Å². The second kappa shape index (κ2) is 5.24. The van der Waals surface area contributed by atoms with E-state index in [1.165, 1.54) is 29.5 Å². The van der Waals surface area contributed by atoms with Crippen LogP contribution in [0.15, 0.2) is 23.6 Å². The molecule has 0 atom stereocenters. The zero-order valence-corrected chi connectivity index (χ0v) is 10.6. The van der Waals surface area contributed by atoms with Crippen LogP contribution in [0.25, 0.3) is 0 Å². The summed E-state index contributed by atoms with van der Waals surface area (Å²) in [5.74, 6) is -0.583. The molecule has 1 heterocycles. The number of aromatic nitrogens is 1. The maximum absolute atomic E-state index is 11.8. The molecule has 3 N–H and O–H groups in total. The number of thiazole rings is 1. The Bertz CT molecular complexity index is 585. The number of anilines is 1. The Morgan fingerprint density at radius 3 is 2.89 bits per heavy atom. The van der Waals surface area contributed by atoms with Gasteiger partial charge in [-0.15, -0.1) is 22.9 Å². The van der Waals surface area contributed by atoms with Crippen LogP contribution in [0.4, 0.5) is 5.13 Å². The van der Waals surface area contributed by atoms with Gasteiger partial charge in [-0.1, -0.05) is 0 Å². The summed E-state index contributed by atoms with van der Waals surface area (Å²) < 4.78 is 0. The number of nitrogens with one attached hydrogen (secondary N) is 1. The highest BCUT2D eigenvalue weighted by Crippen LogP contribution is 2.24. The van der Waals surface area contributed by atoms with Crippen molar-refractivity contribution in [2.24, 2.45) is 0 Å². The molecule has 18 heavy (non-hydrogen) atoms. The number of hydrogen-bond donors (Lipinski definition) is 3. The molecule has 0 aliphatic rings. The van der Waals surface area contributed by atoms with Crippen LogP contribution in [-0.4, -0.2) is 21.1 Å². The van der Waals surface area contributed by atoms with E-state index in [0.717, 1.165) is 0 Å². The van der Waals surface area contributed by atoms with Crippen molar-refractivity contribution in [1.82, 2.24) is 4.98 Å². The van der Waals surface area contributed by atoms with Crippen LogP contribution >= 0.6 is 22.9 Å². The molecular weight excluding hydrogens is 276 g/mol. The fourth-order valence-corrected chi connectivity index (χ4v) is 2.23. The highest BCUT2D eigenvalue weighted by Gasteiger charge is 2.13. The predicted octanol–water partition coefficient (Wildman–Crippen LogP) is 2.55. The standard InChI is InChI=1S/C11H9ClN2O3S/c12-4-6-5-18-11(13-6)14-10(17)8-3-7(15)1-2-9(8)16/h1-3,5,15-16H,4H2,(H,13,14,17). The highest BCUT2D eigenvalue weighted by molar-refractivity contribution is 7.14. The van der Waals surface area contributed by atoms with Gasteiger partial charge in [0.25, 0.3) is 5.91 Å². The molecule has 0 aliphatic carbocycles. The van der Waals surface area contributed by atoms with Gasteiger partial charge >= 0.3 is 0 Å². The molecule has 5 nitrogen and oxygen atoms in total. The number of nitrogens with zero attached hydrogens (tertiary/aromatic N) is 1. The Morgan fingerprint density at radius 1 is 1.44 bits per heavy atom. The molecule has 1 amide bonds. The van der Waals surface area contributed by atoms with E-state index < -0.39 is 5.91 Å². The van der Waals surface area contributed by atoms with Crippen molar-refractivity contribution in [3.05, 3.63) is 34.8 Å². The number of phenols is 2. The van der Waals surface area contributed by atoms with Crippen LogP contribution in [0.1, 0.15) is 16.1 Å². The summed E-state index contributed by atoms with van der Waals surface area (Å²) in [5.41, 5.74) is 0.648. The lowest BCUT2D eigenvalue weighted by atomic mass is 10.2.